The van der Waals surface area contributed by atoms with Crippen molar-refractivity contribution in [1.82, 2.24) is 5.32 Å². The van der Waals surface area contributed by atoms with E-state index in [0.29, 0.717) is 17.9 Å². The van der Waals surface area contributed by atoms with Crippen LogP contribution in [0.15, 0.2) is 0 Å². The van der Waals surface area contributed by atoms with Gasteiger partial charge in [-0.3, -0.25) is 0 Å². The Hall–Kier alpha value is -0.120. The highest BCUT2D eigenvalue weighted by Gasteiger charge is 2.32. The Bertz CT molecular complexity index is 155. The Kier molecular flexibility index (Phi) is 4.85. The van der Waals surface area contributed by atoms with E-state index < -0.39 is 0 Å². The maximum absolute atomic E-state index is 5.56. The van der Waals surface area contributed by atoms with E-state index in [1.165, 1.54) is 0 Å². The summed E-state index contributed by atoms with van der Waals surface area (Å²) in [5.74, 6) is 1.14. The van der Waals surface area contributed by atoms with Crippen molar-refractivity contribution in [2.24, 2.45) is 11.8 Å². The van der Waals surface area contributed by atoms with Gasteiger partial charge in [0.1, 0.15) is 0 Å². The number of ether oxygens (including phenoxy) is 2. The van der Waals surface area contributed by atoms with Crippen molar-refractivity contribution in [3.05, 3.63) is 0 Å². The molecule has 0 spiro atoms. The molecule has 1 fully saturated rings. The van der Waals surface area contributed by atoms with Crippen LogP contribution in [0.1, 0.15) is 20.3 Å². The Morgan fingerprint density at radius 3 is 2.50 bits per heavy atom. The molecule has 1 aliphatic heterocycles. The molecular formula is C11H23NO2. The largest absolute Gasteiger partial charge is 0.381 e. The van der Waals surface area contributed by atoms with E-state index in [-0.39, 0.29) is 6.10 Å². The first-order valence-electron chi connectivity index (χ1n) is 5.48. The summed E-state index contributed by atoms with van der Waals surface area (Å²) in [6, 6.07) is 0.419. The summed E-state index contributed by atoms with van der Waals surface area (Å²) < 4.78 is 11.0. The topological polar surface area (TPSA) is 30.5 Å². The van der Waals surface area contributed by atoms with Crippen molar-refractivity contribution in [3.8, 4) is 0 Å². The second-order valence-corrected chi connectivity index (χ2v) is 4.38. The molecule has 0 aromatic carbocycles. The van der Waals surface area contributed by atoms with Gasteiger partial charge in [0.25, 0.3) is 0 Å². The predicted molar refractivity (Wildman–Crippen MR) is 57.4 cm³/mol. The molecule has 0 radical (unpaired) electrons. The molecule has 3 heteroatoms. The monoisotopic (exact) mass is 201 g/mol. The van der Waals surface area contributed by atoms with Gasteiger partial charge in [0.15, 0.2) is 0 Å². The van der Waals surface area contributed by atoms with E-state index in [1.807, 2.05) is 7.05 Å². The van der Waals surface area contributed by atoms with Crippen molar-refractivity contribution < 1.29 is 9.47 Å². The summed E-state index contributed by atoms with van der Waals surface area (Å²) >= 11 is 0. The minimum absolute atomic E-state index is 0.284. The molecule has 0 saturated carbocycles. The van der Waals surface area contributed by atoms with E-state index in [0.717, 1.165) is 19.6 Å². The number of nitrogens with one attached hydrogen (secondary N) is 1. The molecule has 3 nitrogen and oxygen atoms in total. The third-order valence-corrected chi connectivity index (χ3v) is 3.09. The Labute approximate surface area is 87.2 Å². The quantitative estimate of drug-likeness (QED) is 0.727. The second kappa shape index (κ2) is 5.69. The van der Waals surface area contributed by atoms with Crippen LogP contribution in [0.25, 0.3) is 0 Å². The molecule has 1 heterocycles. The van der Waals surface area contributed by atoms with Gasteiger partial charge in [0.05, 0.1) is 12.7 Å². The van der Waals surface area contributed by atoms with Crippen LogP contribution in [-0.4, -0.2) is 39.5 Å². The molecule has 0 aromatic rings. The van der Waals surface area contributed by atoms with Gasteiger partial charge in [-0.1, -0.05) is 13.8 Å². The van der Waals surface area contributed by atoms with Crippen molar-refractivity contribution in [3.63, 3.8) is 0 Å². The summed E-state index contributed by atoms with van der Waals surface area (Å²) in [5.41, 5.74) is 0. The summed E-state index contributed by atoms with van der Waals surface area (Å²) in [6.45, 7) is 6.18. The first-order chi connectivity index (χ1) is 6.70. The van der Waals surface area contributed by atoms with Gasteiger partial charge in [0.2, 0.25) is 0 Å². The lowest BCUT2D eigenvalue weighted by Crippen LogP contribution is -2.47. The minimum atomic E-state index is 0.284. The lowest BCUT2D eigenvalue weighted by molar-refractivity contribution is 0.0151. The van der Waals surface area contributed by atoms with Crippen LogP contribution in [0.3, 0.4) is 0 Å². The number of rotatable bonds is 5. The van der Waals surface area contributed by atoms with Crippen molar-refractivity contribution in [1.29, 1.82) is 0 Å². The first-order valence-corrected chi connectivity index (χ1v) is 5.48. The fraction of sp³-hybridized carbons (Fsp3) is 1.00. The third-order valence-electron chi connectivity index (χ3n) is 3.09. The van der Waals surface area contributed by atoms with Crippen LogP contribution in [0, 0.1) is 11.8 Å². The van der Waals surface area contributed by atoms with Crippen LogP contribution in [0.4, 0.5) is 0 Å². The SMILES string of the molecule is CNC(C1CCOC1)C(OC)C(C)C. The van der Waals surface area contributed by atoms with E-state index in [9.17, 15) is 0 Å². The molecule has 84 valence electrons. The van der Waals surface area contributed by atoms with Crippen LogP contribution in [0.2, 0.25) is 0 Å². The molecule has 1 aliphatic rings. The summed E-state index contributed by atoms with van der Waals surface area (Å²) in [6.07, 6.45) is 1.43. The number of likely N-dealkylation sites (N-methyl/N-ethyl adjacent to an activating group) is 1. The normalized spacial score (nSPS) is 26.8. The third kappa shape index (κ3) is 2.69. The predicted octanol–water partition coefficient (Wildman–Crippen LogP) is 1.28. The van der Waals surface area contributed by atoms with Crippen molar-refractivity contribution in [2.45, 2.75) is 32.4 Å². The summed E-state index contributed by atoms with van der Waals surface area (Å²) in [7, 11) is 3.81. The van der Waals surface area contributed by atoms with Gasteiger partial charge in [-0.2, -0.15) is 0 Å². The highest BCUT2D eigenvalue weighted by molar-refractivity contribution is 4.86. The van der Waals surface area contributed by atoms with E-state index in [2.05, 4.69) is 19.2 Å². The second-order valence-electron chi connectivity index (χ2n) is 4.38. The molecule has 0 amide bonds. The average Bonchev–Trinajstić information content (AvgIpc) is 2.65. The highest BCUT2D eigenvalue weighted by Crippen LogP contribution is 2.23. The van der Waals surface area contributed by atoms with Crippen LogP contribution in [-0.2, 0) is 9.47 Å². The average molecular weight is 201 g/mol. The summed E-state index contributed by atoms with van der Waals surface area (Å²) in [5, 5.41) is 3.37. The molecule has 0 aliphatic carbocycles. The van der Waals surface area contributed by atoms with Crippen LogP contribution >= 0.6 is 0 Å². The number of hydrogen-bond acceptors (Lipinski definition) is 3. The number of methoxy groups -OCH3 is 1. The molecule has 0 bridgehead atoms. The zero-order valence-electron chi connectivity index (χ0n) is 9.75. The molecule has 1 rings (SSSR count). The van der Waals surface area contributed by atoms with E-state index in [1.54, 1.807) is 7.11 Å². The molecule has 3 unspecified atom stereocenters. The van der Waals surface area contributed by atoms with Crippen LogP contribution in [0.5, 0.6) is 0 Å². The van der Waals surface area contributed by atoms with Gasteiger partial charge < -0.3 is 14.8 Å². The first kappa shape index (κ1) is 12.0. The fourth-order valence-corrected chi connectivity index (χ4v) is 2.34. The fourth-order valence-electron chi connectivity index (χ4n) is 2.34. The molecule has 3 atom stereocenters. The zero-order chi connectivity index (χ0) is 10.6. The van der Waals surface area contributed by atoms with Gasteiger partial charge in [0, 0.05) is 25.7 Å². The smallest absolute Gasteiger partial charge is 0.0750 e. The lowest BCUT2D eigenvalue weighted by atomic mass is 9.88. The molecule has 14 heavy (non-hydrogen) atoms. The Morgan fingerprint density at radius 2 is 2.14 bits per heavy atom. The lowest BCUT2D eigenvalue weighted by Gasteiger charge is -2.32. The Morgan fingerprint density at radius 1 is 1.43 bits per heavy atom. The maximum atomic E-state index is 5.56. The van der Waals surface area contributed by atoms with Crippen LogP contribution < -0.4 is 5.32 Å². The van der Waals surface area contributed by atoms with Gasteiger partial charge in [-0.15, -0.1) is 0 Å². The minimum Gasteiger partial charge on any atom is -0.381 e. The molecule has 1 N–H and O–H groups in total. The number of hydrogen-bond donors (Lipinski definition) is 1. The molecular weight excluding hydrogens is 178 g/mol. The maximum Gasteiger partial charge on any atom is 0.0750 e. The van der Waals surface area contributed by atoms with E-state index >= 15 is 0 Å². The van der Waals surface area contributed by atoms with E-state index in [4.69, 9.17) is 9.47 Å². The highest BCUT2D eigenvalue weighted by atomic mass is 16.5. The Balaban J connectivity index is 2.57. The molecule has 0 aromatic heterocycles. The molecule has 1 saturated heterocycles. The summed E-state index contributed by atoms with van der Waals surface area (Å²) in [4.78, 5) is 0. The van der Waals surface area contributed by atoms with Gasteiger partial charge >= 0.3 is 0 Å². The standard InChI is InChI=1S/C11H23NO2/c1-8(2)11(13-4)10(12-3)9-5-6-14-7-9/h8-12H,5-7H2,1-4H3. The zero-order valence-corrected chi connectivity index (χ0v) is 9.75. The van der Waals surface area contributed by atoms with Crippen molar-refractivity contribution >= 4 is 0 Å². The van der Waals surface area contributed by atoms with Gasteiger partial charge in [-0.25, -0.2) is 0 Å². The van der Waals surface area contributed by atoms with Gasteiger partial charge in [-0.05, 0) is 19.4 Å². The van der Waals surface area contributed by atoms with Crippen molar-refractivity contribution in [2.75, 3.05) is 27.4 Å².